The van der Waals surface area contributed by atoms with Crippen molar-refractivity contribution < 1.29 is 19.2 Å². The van der Waals surface area contributed by atoms with E-state index in [2.05, 4.69) is 5.32 Å². The summed E-state index contributed by atoms with van der Waals surface area (Å²) in [5, 5.41) is 14.2. The van der Waals surface area contributed by atoms with Crippen LogP contribution < -0.4 is 5.32 Å². The average molecular weight is 409 g/mol. The van der Waals surface area contributed by atoms with Crippen LogP contribution in [0.2, 0.25) is 5.02 Å². The molecule has 27 heavy (non-hydrogen) atoms. The molecule has 2 aromatic rings. The van der Waals surface area contributed by atoms with Crippen LogP contribution >= 0.6 is 23.4 Å². The number of amides is 1. The number of halogens is 1. The van der Waals surface area contributed by atoms with Crippen molar-refractivity contribution in [1.82, 2.24) is 0 Å². The summed E-state index contributed by atoms with van der Waals surface area (Å²) in [7, 11) is 0. The number of thioether (sulfide) groups is 1. The number of aryl methyl sites for hydroxylation is 1. The van der Waals surface area contributed by atoms with E-state index in [1.165, 1.54) is 36.9 Å². The molecule has 0 fully saturated rings. The van der Waals surface area contributed by atoms with Crippen LogP contribution in [-0.4, -0.2) is 29.2 Å². The molecule has 0 aromatic heterocycles. The molecule has 0 saturated heterocycles. The second-order valence-electron chi connectivity index (χ2n) is 5.64. The zero-order valence-electron chi connectivity index (χ0n) is 14.8. The second kappa shape index (κ2) is 8.88. The van der Waals surface area contributed by atoms with Gasteiger partial charge in [-0.05, 0) is 49.9 Å². The van der Waals surface area contributed by atoms with Crippen molar-refractivity contribution in [3.05, 3.63) is 62.7 Å². The summed E-state index contributed by atoms with van der Waals surface area (Å²) in [6.07, 6.45) is 0.619. The van der Waals surface area contributed by atoms with Crippen molar-refractivity contribution in [2.75, 3.05) is 11.6 Å². The Morgan fingerprint density at radius 1 is 1.26 bits per heavy atom. The number of hydrogen-bond donors (Lipinski definition) is 1. The minimum atomic E-state index is -1.16. The lowest BCUT2D eigenvalue weighted by atomic mass is 10.2. The zero-order chi connectivity index (χ0) is 20.1. The van der Waals surface area contributed by atoms with E-state index in [0.29, 0.717) is 15.6 Å². The van der Waals surface area contributed by atoms with E-state index >= 15 is 0 Å². The number of benzene rings is 2. The van der Waals surface area contributed by atoms with E-state index in [1.807, 2.05) is 0 Å². The summed E-state index contributed by atoms with van der Waals surface area (Å²) in [6, 6.07) is 9.16. The summed E-state index contributed by atoms with van der Waals surface area (Å²) < 4.78 is 5.13. The number of ether oxygens (including phenoxy) is 1. The average Bonchev–Trinajstić information content (AvgIpc) is 2.63. The molecular formula is C18H17ClN2O5S. The predicted molar refractivity (Wildman–Crippen MR) is 105 cm³/mol. The van der Waals surface area contributed by atoms with Crippen LogP contribution in [0.4, 0.5) is 11.4 Å². The minimum Gasteiger partial charge on any atom is -0.449 e. The van der Waals surface area contributed by atoms with E-state index in [9.17, 15) is 19.7 Å². The van der Waals surface area contributed by atoms with Gasteiger partial charge in [0.1, 0.15) is 5.56 Å². The van der Waals surface area contributed by atoms with Gasteiger partial charge in [0.05, 0.1) is 4.92 Å². The molecule has 7 nitrogen and oxygen atoms in total. The molecule has 2 rings (SSSR count). The number of hydrogen-bond acceptors (Lipinski definition) is 6. The van der Waals surface area contributed by atoms with E-state index in [1.54, 1.807) is 31.4 Å². The highest BCUT2D eigenvalue weighted by molar-refractivity contribution is 7.98. The van der Waals surface area contributed by atoms with E-state index in [-0.39, 0.29) is 11.3 Å². The third-order valence-electron chi connectivity index (χ3n) is 3.73. The Hall–Kier alpha value is -2.58. The van der Waals surface area contributed by atoms with Crippen LogP contribution in [0.5, 0.6) is 0 Å². The van der Waals surface area contributed by atoms with Crippen molar-refractivity contribution in [1.29, 1.82) is 0 Å². The molecule has 142 valence electrons. The van der Waals surface area contributed by atoms with Crippen LogP contribution in [0, 0.1) is 17.0 Å². The number of nitro groups is 1. The lowest BCUT2D eigenvalue weighted by molar-refractivity contribution is -0.385. The Kier molecular flexibility index (Phi) is 6.81. The fourth-order valence-corrected chi connectivity index (χ4v) is 2.82. The van der Waals surface area contributed by atoms with E-state index in [0.717, 1.165) is 5.56 Å². The third kappa shape index (κ3) is 5.21. The van der Waals surface area contributed by atoms with Crippen molar-refractivity contribution in [3.8, 4) is 0 Å². The van der Waals surface area contributed by atoms with Gasteiger partial charge in [0.15, 0.2) is 6.10 Å². The van der Waals surface area contributed by atoms with Gasteiger partial charge in [-0.2, -0.15) is 0 Å². The third-order valence-corrected chi connectivity index (χ3v) is 4.69. The second-order valence-corrected chi connectivity index (χ2v) is 6.95. The van der Waals surface area contributed by atoms with Gasteiger partial charge in [-0.3, -0.25) is 14.9 Å². The molecule has 0 radical (unpaired) electrons. The fraction of sp³-hybridized carbons (Fsp3) is 0.222. The highest BCUT2D eigenvalue weighted by atomic mass is 35.5. The standard InChI is InChI=1S/C18H17ClN2O5S/c1-10-4-5-12(19)8-15(10)20-17(22)11(2)26-18(23)14-9-13(27-3)6-7-16(14)21(24)25/h4-9,11H,1-3H3,(H,20,22). The van der Waals surface area contributed by atoms with E-state index < -0.39 is 22.9 Å². The first-order valence-corrected chi connectivity index (χ1v) is 9.43. The highest BCUT2D eigenvalue weighted by Crippen LogP contribution is 2.26. The molecule has 1 unspecified atom stereocenters. The van der Waals surface area contributed by atoms with Crippen LogP contribution in [0.1, 0.15) is 22.8 Å². The number of esters is 1. The topological polar surface area (TPSA) is 98.5 Å². The molecule has 2 aromatic carbocycles. The highest BCUT2D eigenvalue weighted by Gasteiger charge is 2.26. The quantitative estimate of drug-likeness (QED) is 0.328. The maximum absolute atomic E-state index is 12.4. The van der Waals surface area contributed by atoms with Crippen molar-refractivity contribution in [3.63, 3.8) is 0 Å². The predicted octanol–water partition coefficient (Wildman–Crippen LogP) is 4.46. The SMILES string of the molecule is CSc1ccc([N+](=O)[O-])c(C(=O)OC(C)C(=O)Nc2cc(Cl)ccc2C)c1. The van der Waals surface area contributed by atoms with Gasteiger partial charge in [0, 0.05) is 21.7 Å². The number of rotatable bonds is 6. The Bertz CT molecular complexity index is 903. The Balaban J connectivity index is 2.16. The molecule has 1 N–H and O–H groups in total. The summed E-state index contributed by atoms with van der Waals surface area (Å²) in [6.45, 7) is 3.18. The van der Waals surface area contributed by atoms with Gasteiger partial charge in [-0.1, -0.05) is 17.7 Å². The monoisotopic (exact) mass is 408 g/mol. The number of nitrogens with one attached hydrogen (secondary N) is 1. The largest absolute Gasteiger partial charge is 0.449 e. The maximum atomic E-state index is 12.4. The maximum Gasteiger partial charge on any atom is 0.345 e. The molecular weight excluding hydrogens is 392 g/mol. The van der Waals surface area contributed by atoms with Crippen molar-refractivity contribution in [2.45, 2.75) is 24.8 Å². The molecule has 0 aliphatic heterocycles. The molecule has 0 aliphatic carbocycles. The number of nitrogens with zero attached hydrogens (tertiary/aromatic N) is 1. The normalized spacial score (nSPS) is 11.6. The number of nitro benzene ring substituents is 1. The zero-order valence-corrected chi connectivity index (χ0v) is 16.4. The van der Waals surface area contributed by atoms with E-state index in [4.69, 9.17) is 16.3 Å². The number of carbonyl (C=O) groups is 2. The Morgan fingerprint density at radius 2 is 1.96 bits per heavy atom. The van der Waals surface area contributed by atoms with Crippen LogP contribution in [-0.2, 0) is 9.53 Å². The molecule has 1 amide bonds. The van der Waals surface area contributed by atoms with Gasteiger partial charge in [-0.25, -0.2) is 4.79 Å². The molecule has 0 aliphatic rings. The molecule has 9 heteroatoms. The Morgan fingerprint density at radius 3 is 2.59 bits per heavy atom. The van der Waals surface area contributed by atoms with Crippen LogP contribution in [0.25, 0.3) is 0 Å². The van der Waals surface area contributed by atoms with Crippen molar-refractivity contribution >= 4 is 46.6 Å². The van der Waals surface area contributed by atoms with Gasteiger partial charge in [0.2, 0.25) is 0 Å². The Labute approximate surface area is 165 Å². The fourth-order valence-electron chi connectivity index (χ4n) is 2.21. The summed E-state index contributed by atoms with van der Waals surface area (Å²) in [5.41, 5.74) is 0.696. The lowest BCUT2D eigenvalue weighted by Gasteiger charge is -2.15. The van der Waals surface area contributed by atoms with Gasteiger partial charge >= 0.3 is 5.97 Å². The molecule has 0 bridgehead atoms. The van der Waals surface area contributed by atoms with Crippen molar-refractivity contribution in [2.24, 2.45) is 0 Å². The first-order chi connectivity index (χ1) is 12.7. The summed E-state index contributed by atoms with van der Waals surface area (Å²) in [5.74, 6) is -1.51. The van der Waals surface area contributed by atoms with Gasteiger partial charge in [0.25, 0.3) is 11.6 Å². The summed E-state index contributed by atoms with van der Waals surface area (Å²) in [4.78, 5) is 35.9. The molecule has 1 atom stereocenters. The first-order valence-electron chi connectivity index (χ1n) is 7.83. The lowest BCUT2D eigenvalue weighted by Crippen LogP contribution is -2.30. The minimum absolute atomic E-state index is 0.203. The smallest absolute Gasteiger partial charge is 0.345 e. The molecule has 0 spiro atoms. The molecule has 0 saturated carbocycles. The van der Waals surface area contributed by atoms with Gasteiger partial charge < -0.3 is 10.1 Å². The van der Waals surface area contributed by atoms with Crippen LogP contribution in [0.3, 0.4) is 0 Å². The number of carbonyl (C=O) groups excluding carboxylic acids is 2. The van der Waals surface area contributed by atoms with Gasteiger partial charge in [-0.15, -0.1) is 11.8 Å². The van der Waals surface area contributed by atoms with Crippen LogP contribution in [0.15, 0.2) is 41.3 Å². The number of anilines is 1. The summed E-state index contributed by atoms with van der Waals surface area (Å²) >= 11 is 7.25. The first kappa shape index (κ1) is 20.7. The molecule has 0 heterocycles.